The van der Waals surface area contributed by atoms with Gasteiger partial charge < -0.3 is 15.4 Å². The van der Waals surface area contributed by atoms with Gasteiger partial charge in [-0.2, -0.15) is 15.0 Å². The molecule has 10 heteroatoms. The van der Waals surface area contributed by atoms with Crippen LogP contribution in [0.15, 0.2) is 22.7 Å². The van der Waals surface area contributed by atoms with Crippen molar-refractivity contribution in [3.8, 4) is 11.8 Å². The Bertz CT molecular complexity index is 694. The van der Waals surface area contributed by atoms with Crippen molar-refractivity contribution in [2.24, 2.45) is 0 Å². The topological polar surface area (TPSA) is 120 Å². The maximum atomic E-state index is 11.0. The van der Waals surface area contributed by atoms with Gasteiger partial charge in [0.25, 0.3) is 0 Å². The maximum Gasteiger partial charge on any atom is 0.328 e. The minimum atomic E-state index is -0.558. The third-order valence-corrected chi connectivity index (χ3v) is 2.83. The van der Waals surface area contributed by atoms with Crippen LogP contribution in [0.1, 0.15) is 0 Å². The number of benzene rings is 1. The Kier molecular flexibility index (Phi) is 4.17. The number of nitro groups is 1. The van der Waals surface area contributed by atoms with Crippen molar-refractivity contribution in [2.45, 2.75) is 0 Å². The van der Waals surface area contributed by atoms with Crippen LogP contribution >= 0.6 is 15.9 Å². The number of rotatable bonds is 4. The van der Waals surface area contributed by atoms with E-state index in [1.807, 2.05) is 0 Å². The molecule has 110 valence electrons. The third kappa shape index (κ3) is 3.54. The summed E-state index contributed by atoms with van der Waals surface area (Å²) in [4.78, 5) is 23.8. The molecule has 0 saturated heterocycles. The molecule has 0 aliphatic rings. The number of nitro benzene ring substituents is 1. The molecule has 0 atom stereocenters. The minimum absolute atomic E-state index is 0.0125. The highest BCUT2D eigenvalue weighted by atomic mass is 79.9. The largest absolute Gasteiger partial charge is 0.417 e. The summed E-state index contributed by atoms with van der Waals surface area (Å²) in [6.45, 7) is 0. The van der Waals surface area contributed by atoms with Crippen LogP contribution in [0.3, 0.4) is 0 Å². The predicted molar refractivity (Wildman–Crippen MR) is 79.4 cm³/mol. The van der Waals surface area contributed by atoms with Gasteiger partial charge in [0.1, 0.15) is 0 Å². The van der Waals surface area contributed by atoms with Gasteiger partial charge in [-0.05, 0) is 12.1 Å². The van der Waals surface area contributed by atoms with E-state index in [0.29, 0.717) is 4.47 Å². The summed E-state index contributed by atoms with van der Waals surface area (Å²) < 4.78 is 5.93. The van der Waals surface area contributed by atoms with Gasteiger partial charge in [-0.3, -0.25) is 10.1 Å². The maximum absolute atomic E-state index is 11.0. The second kappa shape index (κ2) is 5.87. The summed E-state index contributed by atoms with van der Waals surface area (Å²) in [5.41, 5.74) is 5.35. The number of nitrogens with zero attached hydrogens (tertiary/aromatic N) is 5. The lowest BCUT2D eigenvalue weighted by molar-refractivity contribution is -0.385. The SMILES string of the molecule is CN(C)c1nc(N)nc(Oc2ccc(Br)cc2[N+](=O)[O-])n1. The number of anilines is 2. The average molecular weight is 355 g/mol. The lowest BCUT2D eigenvalue weighted by Gasteiger charge is -2.11. The molecule has 0 aliphatic carbocycles. The van der Waals surface area contributed by atoms with Crippen LogP contribution in [0.25, 0.3) is 0 Å². The second-order valence-electron chi connectivity index (χ2n) is 4.14. The minimum Gasteiger partial charge on any atom is -0.417 e. The quantitative estimate of drug-likeness (QED) is 0.653. The zero-order valence-electron chi connectivity index (χ0n) is 11.1. The Balaban J connectivity index is 2.41. The molecule has 0 aliphatic heterocycles. The fourth-order valence-corrected chi connectivity index (χ4v) is 1.77. The molecule has 1 aromatic carbocycles. The molecule has 21 heavy (non-hydrogen) atoms. The van der Waals surface area contributed by atoms with Gasteiger partial charge in [-0.15, -0.1) is 0 Å². The van der Waals surface area contributed by atoms with Crippen molar-refractivity contribution in [3.63, 3.8) is 0 Å². The van der Waals surface area contributed by atoms with Gasteiger partial charge in [0.2, 0.25) is 17.6 Å². The van der Waals surface area contributed by atoms with Crippen molar-refractivity contribution in [1.29, 1.82) is 0 Å². The Labute approximate surface area is 128 Å². The van der Waals surface area contributed by atoms with E-state index < -0.39 is 4.92 Å². The molecule has 0 amide bonds. The Morgan fingerprint density at radius 1 is 1.33 bits per heavy atom. The zero-order chi connectivity index (χ0) is 15.6. The second-order valence-corrected chi connectivity index (χ2v) is 5.06. The van der Waals surface area contributed by atoms with Crippen LogP contribution in [-0.2, 0) is 0 Å². The van der Waals surface area contributed by atoms with Crippen molar-refractivity contribution in [1.82, 2.24) is 15.0 Å². The molecule has 2 N–H and O–H groups in total. The standard InChI is InChI=1S/C11H11BrN6O3/c1-17(2)10-14-9(13)15-11(16-10)21-8-4-3-6(12)5-7(8)18(19)20/h3-5H,1-2H3,(H2,13,14,15,16). The summed E-state index contributed by atoms with van der Waals surface area (Å²) in [7, 11) is 3.45. The van der Waals surface area contributed by atoms with Crippen LogP contribution < -0.4 is 15.4 Å². The molecule has 0 unspecified atom stereocenters. The molecule has 2 aromatic rings. The van der Waals surface area contributed by atoms with E-state index in [2.05, 4.69) is 30.9 Å². The fourth-order valence-electron chi connectivity index (χ4n) is 1.42. The fraction of sp³-hybridized carbons (Fsp3) is 0.182. The van der Waals surface area contributed by atoms with Crippen molar-refractivity contribution in [3.05, 3.63) is 32.8 Å². The van der Waals surface area contributed by atoms with Gasteiger partial charge in [-0.25, -0.2) is 0 Å². The van der Waals surface area contributed by atoms with Crippen LogP contribution in [-0.4, -0.2) is 34.0 Å². The van der Waals surface area contributed by atoms with Crippen LogP contribution in [0.4, 0.5) is 17.6 Å². The van der Waals surface area contributed by atoms with Crippen molar-refractivity contribution < 1.29 is 9.66 Å². The zero-order valence-corrected chi connectivity index (χ0v) is 12.7. The summed E-state index contributed by atoms with van der Waals surface area (Å²) in [5, 5.41) is 11.0. The highest BCUT2D eigenvalue weighted by Gasteiger charge is 2.18. The monoisotopic (exact) mass is 354 g/mol. The molecule has 1 heterocycles. The summed E-state index contributed by atoms with van der Waals surface area (Å²) in [5.74, 6) is 0.263. The van der Waals surface area contributed by atoms with Crippen LogP contribution in [0.5, 0.6) is 11.8 Å². The molecule has 0 bridgehead atoms. The molecule has 0 fully saturated rings. The van der Waals surface area contributed by atoms with E-state index in [1.165, 1.54) is 12.1 Å². The highest BCUT2D eigenvalue weighted by molar-refractivity contribution is 9.10. The number of ether oxygens (including phenoxy) is 1. The lowest BCUT2D eigenvalue weighted by Crippen LogP contribution is -2.15. The van der Waals surface area contributed by atoms with E-state index in [0.717, 1.165) is 0 Å². The Morgan fingerprint density at radius 2 is 2.05 bits per heavy atom. The molecular weight excluding hydrogens is 344 g/mol. The van der Waals surface area contributed by atoms with E-state index >= 15 is 0 Å². The number of nitrogen functional groups attached to an aromatic ring is 1. The van der Waals surface area contributed by atoms with Crippen molar-refractivity contribution in [2.75, 3.05) is 24.7 Å². The molecule has 2 rings (SSSR count). The van der Waals surface area contributed by atoms with E-state index in [9.17, 15) is 10.1 Å². The molecular formula is C11H11BrN6O3. The van der Waals surface area contributed by atoms with E-state index in [4.69, 9.17) is 10.5 Å². The van der Waals surface area contributed by atoms with Gasteiger partial charge in [0.15, 0.2) is 0 Å². The van der Waals surface area contributed by atoms with Crippen LogP contribution in [0, 0.1) is 10.1 Å². The number of halogens is 1. The highest BCUT2D eigenvalue weighted by Crippen LogP contribution is 2.32. The smallest absolute Gasteiger partial charge is 0.328 e. The molecule has 1 aromatic heterocycles. The molecule has 0 spiro atoms. The Hall–Kier alpha value is -2.49. The van der Waals surface area contributed by atoms with Crippen LogP contribution in [0.2, 0.25) is 0 Å². The number of hydrogen-bond donors (Lipinski definition) is 1. The molecule has 0 radical (unpaired) electrons. The number of aromatic nitrogens is 3. The van der Waals surface area contributed by atoms with E-state index in [1.54, 1.807) is 25.1 Å². The van der Waals surface area contributed by atoms with Gasteiger partial charge >= 0.3 is 11.7 Å². The number of hydrogen-bond acceptors (Lipinski definition) is 8. The number of nitrogens with two attached hydrogens (primary N) is 1. The first-order valence-corrected chi connectivity index (χ1v) is 6.47. The van der Waals surface area contributed by atoms with Crippen molar-refractivity contribution >= 4 is 33.5 Å². The first kappa shape index (κ1) is 14.9. The average Bonchev–Trinajstić information content (AvgIpc) is 2.40. The normalized spacial score (nSPS) is 10.2. The predicted octanol–water partition coefficient (Wildman–Crippen LogP) is 1.98. The summed E-state index contributed by atoms with van der Waals surface area (Å²) >= 11 is 3.16. The Morgan fingerprint density at radius 3 is 2.67 bits per heavy atom. The first-order valence-electron chi connectivity index (χ1n) is 5.67. The van der Waals surface area contributed by atoms with Gasteiger partial charge in [-0.1, -0.05) is 15.9 Å². The molecule has 9 nitrogen and oxygen atoms in total. The third-order valence-electron chi connectivity index (χ3n) is 2.34. The lowest BCUT2D eigenvalue weighted by atomic mass is 10.3. The molecule has 0 saturated carbocycles. The first-order chi connectivity index (χ1) is 9.86. The van der Waals surface area contributed by atoms with Gasteiger partial charge in [0, 0.05) is 24.6 Å². The van der Waals surface area contributed by atoms with Gasteiger partial charge in [0.05, 0.1) is 4.92 Å². The van der Waals surface area contributed by atoms with E-state index in [-0.39, 0.29) is 29.3 Å². The summed E-state index contributed by atoms with van der Waals surface area (Å²) in [6.07, 6.45) is 0. The summed E-state index contributed by atoms with van der Waals surface area (Å²) in [6, 6.07) is 4.26.